The Labute approximate surface area is 228 Å². The number of ether oxygens (including phenoxy) is 2. The first kappa shape index (κ1) is 28.2. The van der Waals surface area contributed by atoms with Crippen LogP contribution in [0.1, 0.15) is 41.6 Å². The molecule has 2 unspecified atom stereocenters. The van der Waals surface area contributed by atoms with Gasteiger partial charge < -0.3 is 9.47 Å². The number of carbonyl (C=O) groups is 1. The lowest BCUT2D eigenvalue weighted by Crippen LogP contribution is -2.32. The molecular weight excluding hydrogens is 572 g/mol. The molecule has 0 amide bonds. The van der Waals surface area contributed by atoms with Crippen LogP contribution >= 0.6 is 0 Å². The van der Waals surface area contributed by atoms with Crippen LogP contribution in [0.3, 0.4) is 0 Å². The van der Waals surface area contributed by atoms with Crippen molar-refractivity contribution in [3.05, 3.63) is 55.6 Å². The first-order valence-corrected chi connectivity index (χ1v) is 15.3. The van der Waals surface area contributed by atoms with Crippen molar-refractivity contribution in [1.29, 1.82) is 0 Å². The van der Waals surface area contributed by atoms with E-state index in [0.717, 1.165) is 37.1 Å². The molecule has 3 aliphatic rings. The molecule has 1 aliphatic carbocycles. The van der Waals surface area contributed by atoms with Crippen LogP contribution in [0.15, 0.2) is 34.1 Å². The number of hydrogen-bond acceptors (Lipinski definition) is 11. The fourth-order valence-electron chi connectivity index (χ4n) is 5.01. The minimum atomic E-state index is -4.35. The summed E-state index contributed by atoms with van der Waals surface area (Å²) in [5.41, 5.74) is -3.54. The zero-order valence-electron chi connectivity index (χ0n) is 20.8. The zero-order valence-corrected chi connectivity index (χ0v) is 22.5. The second kappa shape index (κ2) is 10.6. The molecule has 5 rings (SSSR count). The molecule has 2 fully saturated rings. The van der Waals surface area contributed by atoms with Gasteiger partial charge in [-0.2, -0.15) is 0 Å². The average Bonchev–Trinajstić information content (AvgIpc) is 3.67. The Hall–Kier alpha value is -3.35. The van der Waals surface area contributed by atoms with Crippen LogP contribution < -0.4 is 9.44 Å². The van der Waals surface area contributed by atoms with Gasteiger partial charge in [-0.05, 0) is 37.8 Å². The van der Waals surface area contributed by atoms with E-state index in [0.29, 0.717) is 26.1 Å². The standard InChI is InChI=1S/C23H24N4O11S2/c28-23-17-7-15(39(33,34)24-11-13-3-1-5-37-13)9-19(26(29)30)21(17)22-18(23)8-16(10-20(22)27(31)32)40(35,36)25-12-14-4-2-6-38-14/h7-10,13-14,24-25H,1-6,11-12H2. The summed E-state index contributed by atoms with van der Waals surface area (Å²) >= 11 is 0. The van der Waals surface area contributed by atoms with E-state index in [2.05, 4.69) is 9.44 Å². The minimum Gasteiger partial charge on any atom is -0.377 e. The van der Waals surface area contributed by atoms with Crippen LogP contribution in [-0.4, -0.2) is 71.0 Å². The second-order valence-electron chi connectivity index (χ2n) is 9.55. The maximum absolute atomic E-state index is 13.4. The molecule has 0 spiro atoms. The van der Waals surface area contributed by atoms with Crippen LogP contribution in [0.4, 0.5) is 11.4 Å². The van der Waals surface area contributed by atoms with Crippen LogP contribution in [0.2, 0.25) is 0 Å². The summed E-state index contributed by atoms with van der Waals surface area (Å²) in [5, 5.41) is 24.0. The van der Waals surface area contributed by atoms with E-state index in [1.807, 2.05) is 0 Å². The second-order valence-corrected chi connectivity index (χ2v) is 13.1. The van der Waals surface area contributed by atoms with Crippen molar-refractivity contribution in [2.75, 3.05) is 26.3 Å². The predicted molar refractivity (Wildman–Crippen MR) is 137 cm³/mol. The van der Waals surface area contributed by atoms with Crippen molar-refractivity contribution >= 4 is 37.2 Å². The third-order valence-corrected chi connectivity index (χ3v) is 9.79. The van der Waals surface area contributed by atoms with Crippen molar-refractivity contribution < 1.29 is 41.0 Å². The molecule has 15 nitrogen and oxygen atoms in total. The van der Waals surface area contributed by atoms with Crippen molar-refractivity contribution in [3.8, 4) is 11.1 Å². The predicted octanol–water partition coefficient (Wildman–Crippen LogP) is 1.63. The van der Waals surface area contributed by atoms with E-state index >= 15 is 0 Å². The Balaban J connectivity index is 1.57. The molecular formula is C23H24N4O11S2. The fourth-order valence-corrected chi connectivity index (χ4v) is 7.24. The maximum atomic E-state index is 13.4. The van der Waals surface area contributed by atoms with Crippen LogP contribution in [-0.2, 0) is 29.5 Å². The van der Waals surface area contributed by atoms with Crippen molar-refractivity contribution in [3.63, 3.8) is 0 Å². The van der Waals surface area contributed by atoms with Gasteiger partial charge in [-0.15, -0.1) is 0 Å². The molecule has 2 N–H and O–H groups in total. The SMILES string of the molecule is O=C1c2cc(S(=O)(=O)NCC3CCCO3)cc([N+](=O)[O-])c2-c2c1cc(S(=O)(=O)NCC1CCCO1)cc2[N+](=O)[O-]. The lowest BCUT2D eigenvalue weighted by Gasteiger charge is -2.13. The van der Waals surface area contributed by atoms with Gasteiger partial charge in [-0.25, -0.2) is 26.3 Å². The molecule has 0 aromatic heterocycles. The summed E-state index contributed by atoms with van der Waals surface area (Å²) in [6.07, 6.45) is 2.01. The number of fused-ring (bicyclic) bond motifs is 3. The van der Waals surface area contributed by atoms with E-state index in [9.17, 15) is 41.9 Å². The number of rotatable bonds is 10. The molecule has 0 radical (unpaired) electrons. The van der Waals surface area contributed by atoms with Crippen molar-refractivity contribution in [2.45, 2.75) is 47.7 Å². The Morgan fingerprint density at radius 1 is 0.750 bits per heavy atom. The summed E-state index contributed by atoms with van der Waals surface area (Å²) in [6.45, 7) is 0.771. The number of ketones is 1. The molecule has 2 saturated heterocycles. The van der Waals surface area contributed by atoms with Gasteiger partial charge in [-0.3, -0.25) is 25.0 Å². The van der Waals surface area contributed by atoms with Gasteiger partial charge >= 0.3 is 0 Å². The number of benzene rings is 2. The summed E-state index contributed by atoms with van der Waals surface area (Å²) in [4.78, 5) is 34.4. The molecule has 17 heteroatoms. The highest BCUT2D eigenvalue weighted by molar-refractivity contribution is 7.89. The van der Waals surface area contributed by atoms with Crippen LogP contribution in [0, 0.1) is 20.2 Å². The topological polar surface area (TPSA) is 214 Å². The summed E-state index contributed by atoms with van der Waals surface area (Å²) in [7, 11) is -8.70. The number of hydrogen-bond donors (Lipinski definition) is 2. The molecule has 2 heterocycles. The largest absolute Gasteiger partial charge is 0.377 e. The Bertz CT molecular complexity index is 1510. The van der Waals surface area contributed by atoms with Crippen molar-refractivity contribution in [1.82, 2.24) is 9.44 Å². The molecule has 2 aliphatic heterocycles. The average molecular weight is 597 g/mol. The lowest BCUT2D eigenvalue weighted by atomic mass is 10.0. The summed E-state index contributed by atoms with van der Waals surface area (Å²) < 4.78 is 67.3. The normalized spacial score (nSPS) is 20.4. The minimum absolute atomic E-state index is 0.0903. The molecule has 2 aromatic carbocycles. The third-order valence-electron chi connectivity index (χ3n) is 6.99. The van der Waals surface area contributed by atoms with Gasteiger partial charge in [0.2, 0.25) is 20.0 Å². The van der Waals surface area contributed by atoms with E-state index in [-0.39, 0.29) is 25.3 Å². The van der Waals surface area contributed by atoms with Crippen molar-refractivity contribution in [2.24, 2.45) is 0 Å². The summed E-state index contributed by atoms with van der Waals surface area (Å²) in [5.74, 6) is -0.983. The first-order chi connectivity index (χ1) is 18.9. The quantitative estimate of drug-likeness (QED) is 0.253. The van der Waals surface area contributed by atoms with E-state index in [1.165, 1.54) is 0 Å². The van der Waals surface area contributed by atoms with E-state index in [1.54, 1.807) is 0 Å². The molecule has 2 atom stereocenters. The molecule has 214 valence electrons. The number of nitro groups is 2. The van der Waals surface area contributed by atoms with E-state index < -0.39 is 79.1 Å². The Morgan fingerprint density at radius 2 is 1.15 bits per heavy atom. The molecule has 40 heavy (non-hydrogen) atoms. The molecule has 0 bridgehead atoms. The van der Waals surface area contributed by atoms with Gasteiger partial charge in [0.25, 0.3) is 11.4 Å². The number of nitrogens with one attached hydrogen (secondary N) is 2. The summed E-state index contributed by atoms with van der Waals surface area (Å²) in [6, 6.07) is 3.24. The van der Waals surface area contributed by atoms with Gasteiger partial charge in [0, 0.05) is 49.6 Å². The number of carbonyl (C=O) groups excluding carboxylic acids is 1. The number of nitro benzene ring substituents is 2. The molecule has 0 saturated carbocycles. The molecule has 2 aromatic rings. The van der Waals surface area contributed by atoms with Gasteiger partial charge in [-0.1, -0.05) is 0 Å². The Kier molecular flexibility index (Phi) is 7.45. The zero-order chi connectivity index (χ0) is 28.8. The number of nitrogens with zero attached hydrogens (tertiary/aromatic N) is 2. The fraction of sp³-hybridized carbons (Fsp3) is 0.435. The monoisotopic (exact) mass is 596 g/mol. The van der Waals surface area contributed by atoms with Gasteiger partial charge in [0.05, 0.1) is 43.0 Å². The lowest BCUT2D eigenvalue weighted by molar-refractivity contribution is -0.386. The highest BCUT2D eigenvalue weighted by atomic mass is 32.2. The number of sulfonamides is 2. The van der Waals surface area contributed by atoms with Gasteiger partial charge in [0.15, 0.2) is 5.78 Å². The highest BCUT2D eigenvalue weighted by Gasteiger charge is 2.42. The third kappa shape index (κ3) is 5.23. The Morgan fingerprint density at radius 3 is 1.48 bits per heavy atom. The van der Waals surface area contributed by atoms with Gasteiger partial charge in [0.1, 0.15) is 0 Å². The van der Waals surface area contributed by atoms with E-state index in [4.69, 9.17) is 9.47 Å². The highest BCUT2D eigenvalue weighted by Crippen LogP contribution is 2.48. The smallest absolute Gasteiger partial charge is 0.279 e. The van der Waals surface area contributed by atoms with Crippen LogP contribution in [0.5, 0.6) is 0 Å². The maximum Gasteiger partial charge on any atom is 0.279 e. The van der Waals surface area contributed by atoms with Crippen LogP contribution in [0.25, 0.3) is 11.1 Å². The first-order valence-electron chi connectivity index (χ1n) is 12.3.